The van der Waals surface area contributed by atoms with E-state index in [9.17, 15) is 9.59 Å². The van der Waals surface area contributed by atoms with Crippen LogP contribution in [0.4, 0.5) is 5.69 Å². The Bertz CT molecular complexity index is 529. The van der Waals surface area contributed by atoms with E-state index in [0.717, 1.165) is 43.0 Å². The van der Waals surface area contributed by atoms with E-state index >= 15 is 0 Å². The van der Waals surface area contributed by atoms with Crippen LogP contribution in [0.25, 0.3) is 6.08 Å². The van der Waals surface area contributed by atoms with Gasteiger partial charge in [0.2, 0.25) is 5.91 Å². The highest BCUT2D eigenvalue weighted by Crippen LogP contribution is 2.24. The molecule has 1 saturated carbocycles. The predicted molar refractivity (Wildman–Crippen MR) is 82.9 cm³/mol. The number of carboxylic acid groups (broad SMARTS) is 1. The molecule has 21 heavy (non-hydrogen) atoms. The molecule has 4 heteroatoms. The molecule has 0 radical (unpaired) electrons. The van der Waals surface area contributed by atoms with Crippen molar-refractivity contribution in [1.29, 1.82) is 0 Å². The molecule has 1 aromatic rings. The minimum absolute atomic E-state index is 0.0799. The van der Waals surface area contributed by atoms with E-state index in [1.54, 1.807) is 12.1 Å². The van der Waals surface area contributed by atoms with E-state index in [4.69, 9.17) is 5.11 Å². The Morgan fingerprint density at radius 3 is 2.52 bits per heavy atom. The lowest BCUT2D eigenvalue weighted by molar-refractivity contribution is -0.131. The number of amides is 1. The molecule has 0 heterocycles. The van der Waals surface area contributed by atoms with Gasteiger partial charge in [0.25, 0.3) is 0 Å². The first-order valence-electron chi connectivity index (χ1n) is 7.47. The molecule has 0 bridgehead atoms. The summed E-state index contributed by atoms with van der Waals surface area (Å²) in [5, 5.41) is 11.6. The van der Waals surface area contributed by atoms with Gasteiger partial charge in [0.05, 0.1) is 0 Å². The van der Waals surface area contributed by atoms with Gasteiger partial charge in [-0.15, -0.1) is 0 Å². The van der Waals surface area contributed by atoms with Crippen LogP contribution in [0.2, 0.25) is 0 Å². The zero-order valence-corrected chi connectivity index (χ0v) is 12.0. The van der Waals surface area contributed by atoms with Crippen LogP contribution in [0.15, 0.2) is 30.3 Å². The number of carbonyl (C=O) groups excluding carboxylic acids is 1. The third-order valence-corrected chi connectivity index (χ3v) is 3.80. The number of anilines is 1. The third kappa shape index (κ3) is 5.06. The molecule has 0 atom stereocenters. The molecule has 112 valence electrons. The van der Waals surface area contributed by atoms with Gasteiger partial charge in [-0.25, -0.2) is 4.79 Å². The second kappa shape index (κ2) is 7.62. The molecule has 1 aliphatic carbocycles. The van der Waals surface area contributed by atoms with Gasteiger partial charge in [-0.3, -0.25) is 4.79 Å². The van der Waals surface area contributed by atoms with Crippen LogP contribution in [0.5, 0.6) is 0 Å². The number of aliphatic carboxylic acids is 1. The van der Waals surface area contributed by atoms with Gasteiger partial charge < -0.3 is 10.4 Å². The molecule has 1 amide bonds. The largest absolute Gasteiger partial charge is 0.478 e. The van der Waals surface area contributed by atoms with Crippen LogP contribution >= 0.6 is 0 Å². The van der Waals surface area contributed by atoms with Crippen molar-refractivity contribution in [1.82, 2.24) is 0 Å². The highest BCUT2D eigenvalue weighted by Gasteiger charge is 2.19. The predicted octanol–water partition coefficient (Wildman–Crippen LogP) is 3.69. The summed E-state index contributed by atoms with van der Waals surface area (Å²) in [6.07, 6.45) is 9.22. The number of hydrogen-bond donors (Lipinski definition) is 2. The van der Waals surface area contributed by atoms with E-state index < -0.39 is 5.97 Å². The number of carboxylic acids is 1. The molecule has 2 N–H and O–H groups in total. The first-order chi connectivity index (χ1) is 10.1. The Morgan fingerprint density at radius 2 is 1.86 bits per heavy atom. The molecule has 0 unspecified atom stereocenters. The highest BCUT2D eigenvalue weighted by atomic mass is 16.4. The van der Waals surface area contributed by atoms with Gasteiger partial charge >= 0.3 is 5.97 Å². The zero-order valence-electron chi connectivity index (χ0n) is 12.0. The lowest BCUT2D eigenvalue weighted by atomic mass is 9.99. The summed E-state index contributed by atoms with van der Waals surface area (Å²) in [6, 6.07) is 7.23. The SMILES string of the molecule is O=C(O)C=Cc1cccc(NC(=O)C2CCCCCC2)c1. The Kier molecular flexibility index (Phi) is 5.55. The van der Waals surface area contributed by atoms with E-state index in [2.05, 4.69) is 5.32 Å². The topological polar surface area (TPSA) is 66.4 Å². The van der Waals surface area contributed by atoms with Crippen molar-refractivity contribution in [2.75, 3.05) is 5.32 Å². The molecule has 1 fully saturated rings. The summed E-state index contributed by atoms with van der Waals surface area (Å²) in [6.45, 7) is 0. The summed E-state index contributed by atoms with van der Waals surface area (Å²) in [5.41, 5.74) is 1.48. The molecule has 4 nitrogen and oxygen atoms in total. The zero-order chi connectivity index (χ0) is 15.1. The first kappa shape index (κ1) is 15.3. The second-order valence-electron chi connectivity index (χ2n) is 5.47. The summed E-state index contributed by atoms with van der Waals surface area (Å²) >= 11 is 0. The fourth-order valence-corrected chi connectivity index (χ4v) is 2.67. The number of rotatable bonds is 4. The summed E-state index contributed by atoms with van der Waals surface area (Å²) in [5.74, 6) is -0.801. The van der Waals surface area contributed by atoms with Crippen molar-refractivity contribution in [2.45, 2.75) is 38.5 Å². The maximum atomic E-state index is 12.3. The van der Waals surface area contributed by atoms with Crippen molar-refractivity contribution in [3.05, 3.63) is 35.9 Å². The van der Waals surface area contributed by atoms with Crippen molar-refractivity contribution in [2.24, 2.45) is 5.92 Å². The van der Waals surface area contributed by atoms with E-state index in [0.29, 0.717) is 0 Å². The maximum Gasteiger partial charge on any atom is 0.328 e. The fourth-order valence-electron chi connectivity index (χ4n) is 2.67. The highest BCUT2D eigenvalue weighted by molar-refractivity contribution is 5.93. The number of hydrogen-bond acceptors (Lipinski definition) is 2. The monoisotopic (exact) mass is 287 g/mol. The minimum atomic E-state index is -0.983. The Labute approximate surface area is 124 Å². The van der Waals surface area contributed by atoms with Gasteiger partial charge in [-0.2, -0.15) is 0 Å². The minimum Gasteiger partial charge on any atom is -0.478 e. The van der Waals surface area contributed by atoms with Crippen LogP contribution in [-0.2, 0) is 9.59 Å². The maximum absolute atomic E-state index is 12.3. The smallest absolute Gasteiger partial charge is 0.328 e. The average molecular weight is 287 g/mol. The summed E-state index contributed by atoms with van der Waals surface area (Å²) in [7, 11) is 0. The molecule has 0 saturated heterocycles. The third-order valence-electron chi connectivity index (χ3n) is 3.80. The summed E-state index contributed by atoms with van der Waals surface area (Å²) < 4.78 is 0. The standard InChI is InChI=1S/C17H21NO3/c19-16(20)11-10-13-6-5-9-15(12-13)18-17(21)14-7-3-1-2-4-8-14/h5-6,9-12,14H,1-4,7-8H2,(H,18,21)(H,19,20). The van der Waals surface area contributed by atoms with Gasteiger partial charge in [-0.1, -0.05) is 37.8 Å². The van der Waals surface area contributed by atoms with Crippen LogP contribution in [-0.4, -0.2) is 17.0 Å². The van der Waals surface area contributed by atoms with Gasteiger partial charge in [0, 0.05) is 17.7 Å². The Morgan fingerprint density at radius 1 is 1.14 bits per heavy atom. The Hall–Kier alpha value is -2.10. The van der Waals surface area contributed by atoms with Gasteiger partial charge in [0.1, 0.15) is 0 Å². The van der Waals surface area contributed by atoms with Crippen molar-refractivity contribution in [3.63, 3.8) is 0 Å². The molecular weight excluding hydrogens is 266 g/mol. The lowest BCUT2D eigenvalue weighted by Gasteiger charge is -2.14. The second-order valence-corrected chi connectivity index (χ2v) is 5.47. The molecular formula is C17H21NO3. The van der Waals surface area contributed by atoms with Gasteiger partial charge in [0.15, 0.2) is 0 Å². The Balaban J connectivity index is 1.99. The first-order valence-corrected chi connectivity index (χ1v) is 7.47. The van der Waals surface area contributed by atoms with E-state index in [-0.39, 0.29) is 11.8 Å². The van der Waals surface area contributed by atoms with E-state index in [1.807, 2.05) is 12.1 Å². The average Bonchev–Trinajstić information content (AvgIpc) is 2.74. The molecule has 1 aromatic carbocycles. The quantitative estimate of drug-likeness (QED) is 0.655. The molecule has 1 aliphatic rings. The van der Waals surface area contributed by atoms with Crippen LogP contribution in [0.1, 0.15) is 44.1 Å². The van der Waals surface area contributed by atoms with Crippen molar-refractivity contribution in [3.8, 4) is 0 Å². The normalized spacial score (nSPS) is 16.6. The van der Waals surface area contributed by atoms with Crippen LogP contribution < -0.4 is 5.32 Å². The molecule has 0 spiro atoms. The van der Waals surface area contributed by atoms with Crippen LogP contribution in [0.3, 0.4) is 0 Å². The van der Waals surface area contributed by atoms with Crippen molar-refractivity contribution >= 4 is 23.6 Å². The molecule has 2 rings (SSSR count). The summed E-state index contributed by atoms with van der Waals surface area (Å²) in [4.78, 5) is 22.8. The van der Waals surface area contributed by atoms with Crippen LogP contribution in [0, 0.1) is 5.92 Å². The molecule has 0 aliphatic heterocycles. The number of carbonyl (C=O) groups is 2. The fraction of sp³-hybridized carbons (Fsp3) is 0.412. The van der Waals surface area contributed by atoms with E-state index in [1.165, 1.54) is 18.9 Å². The van der Waals surface area contributed by atoms with Crippen molar-refractivity contribution < 1.29 is 14.7 Å². The molecule has 0 aromatic heterocycles. The number of nitrogens with one attached hydrogen (secondary N) is 1. The number of benzene rings is 1. The lowest BCUT2D eigenvalue weighted by Crippen LogP contribution is -2.22. The van der Waals surface area contributed by atoms with Gasteiger partial charge in [-0.05, 0) is 36.6 Å².